The number of hydrogen-bond donors (Lipinski definition) is 2. The van der Waals surface area contributed by atoms with Gasteiger partial charge >= 0.3 is 5.97 Å². The number of rotatable bonds is 5. The van der Waals surface area contributed by atoms with Gasteiger partial charge in [-0.25, -0.2) is 4.68 Å². The molecular formula is C16H18N4O4. The van der Waals surface area contributed by atoms with Crippen molar-refractivity contribution < 1.29 is 19.4 Å². The van der Waals surface area contributed by atoms with Crippen molar-refractivity contribution in [2.45, 2.75) is 39.5 Å². The minimum atomic E-state index is -1.00. The molecule has 1 aromatic carbocycles. The van der Waals surface area contributed by atoms with Crippen molar-refractivity contribution in [3.63, 3.8) is 0 Å². The molecule has 1 aliphatic rings. The van der Waals surface area contributed by atoms with Crippen LogP contribution in [0.1, 0.15) is 22.4 Å². The van der Waals surface area contributed by atoms with E-state index in [1.54, 1.807) is 0 Å². The molecule has 3 rings (SSSR count). The quantitative estimate of drug-likeness (QED) is 0.831. The van der Waals surface area contributed by atoms with Crippen LogP contribution in [0.15, 0.2) is 18.3 Å². The molecule has 0 saturated carbocycles. The lowest BCUT2D eigenvalue weighted by atomic mass is 10.0. The van der Waals surface area contributed by atoms with Crippen LogP contribution in [0.5, 0.6) is 5.75 Å². The number of nitrogens with zero attached hydrogens (tertiary/aromatic N) is 3. The highest BCUT2D eigenvalue weighted by molar-refractivity contribution is 5.82. The Morgan fingerprint density at radius 1 is 1.38 bits per heavy atom. The molecule has 1 atom stereocenters. The first-order chi connectivity index (χ1) is 11.4. The number of aliphatic carboxylic acids is 1. The summed E-state index contributed by atoms with van der Waals surface area (Å²) in [6.07, 6.45) is 1.47. The van der Waals surface area contributed by atoms with Crippen LogP contribution in [0.25, 0.3) is 0 Å². The fourth-order valence-electron chi connectivity index (χ4n) is 2.59. The Hall–Kier alpha value is -2.90. The van der Waals surface area contributed by atoms with Crippen molar-refractivity contribution in [2.24, 2.45) is 0 Å². The van der Waals surface area contributed by atoms with Gasteiger partial charge < -0.3 is 15.2 Å². The first kappa shape index (κ1) is 16.0. The molecule has 1 aliphatic heterocycles. The van der Waals surface area contributed by atoms with Gasteiger partial charge in [0.25, 0.3) is 5.91 Å². The topological polar surface area (TPSA) is 106 Å². The summed E-state index contributed by atoms with van der Waals surface area (Å²) in [5.41, 5.74) is 3.83. The van der Waals surface area contributed by atoms with Crippen LogP contribution in [0.2, 0.25) is 0 Å². The van der Waals surface area contributed by atoms with Crippen molar-refractivity contribution in [1.82, 2.24) is 20.3 Å². The van der Waals surface area contributed by atoms with Crippen LogP contribution >= 0.6 is 0 Å². The number of ether oxygens (including phenoxy) is 1. The van der Waals surface area contributed by atoms with Crippen molar-refractivity contribution in [2.75, 3.05) is 0 Å². The average Bonchev–Trinajstić information content (AvgIpc) is 3.11. The van der Waals surface area contributed by atoms with E-state index in [0.717, 1.165) is 16.9 Å². The molecule has 0 radical (unpaired) electrons. The van der Waals surface area contributed by atoms with Crippen LogP contribution in [-0.4, -0.2) is 38.1 Å². The summed E-state index contributed by atoms with van der Waals surface area (Å²) in [5.74, 6) is -0.474. The van der Waals surface area contributed by atoms with Gasteiger partial charge in [0.2, 0.25) is 0 Å². The minimum absolute atomic E-state index is 0.173. The number of benzene rings is 1. The molecule has 2 heterocycles. The maximum atomic E-state index is 12.3. The zero-order valence-electron chi connectivity index (χ0n) is 13.4. The predicted octanol–water partition coefficient (Wildman–Crippen LogP) is 0.599. The second kappa shape index (κ2) is 6.31. The van der Waals surface area contributed by atoms with Crippen LogP contribution in [-0.2, 0) is 29.1 Å². The van der Waals surface area contributed by atoms with Crippen molar-refractivity contribution in [1.29, 1.82) is 0 Å². The van der Waals surface area contributed by atoms with Gasteiger partial charge in [-0.05, 0) is 36.6 Å². The molecule has 8 heteroatoms. The third-order valence-electron chi connectivity index (χ3n) is 3.97. The minimum Gasteiger partial charge on any atom is -0.480 e. The lowest BCUT2D eigenvalue weighted by Crippen LogP contribution is -2.37. The zero-order valence-corrected chi connectivity index (χ0v) is 13.4. The number of aryl methyl sites for hydroxylation is 2. The molecule has 2 N–H and O–H groups in total. The molecule has 126 valence electrons. The smallest absolute Gasteiger partial charge is 0.325 e. The Bertz CT molecular complexity index is 768. The van der Waals surface area contributed by atoms with Crippen LogP contribution < -0.4 is 10.1 Å². The maximum absolute atomic E-state index is 12.3. The molecule has 0 bridgehead atoms. The lowest BCUT2D eigenvalue weighted by molar-refractivity contribution is -0.138. The SMILES string of the molecule is Cc1cc2c(cc1C)OC(C(=O)NCc1cn(CC(=O)O)nn1)C2. The summed E-state index contributed by atoms with van der Waals surface area (Å²) in [6, 6.07) is 4.00. The summed E-state index contributed by atoms with van der Waals surface area (Å²) in [7, 11) is 0. The standard InChI is InChI=1S/C16H18N4O4/c1-9-3-11-5-14(24-13(11)4-10(9)2)16(23)17-6-12-7-20(19-18-12)8-15(21)22/h3-4,7,14H,5-6,8H2,1-2H3,(H,17,23)(H,21,22). The molecule has 1 unspecified atom stereocenters. The third-order valence-corrected chi connectivity index (χ3v) is 3.97. The summed E-state index contributed by atoms with van der Waals surface area (Å²) in [6.45, 7) is 3.95. The van der Waals surface area contributed by atoms with Gasteiger partial charge in [0, 0.05) is 6.42 Å². The number of fused-ring (bicyclic) bond motifs is 1. The molecule has 0 aliphatic carbocycles. The number of carboxylic acid groups (broad SMARTS) is 1. The van der Waals surface area contributed by atoms with E-state index < -0.39 is 12.1 Å². The van der Waals surface area contributed by atoms with E-state index in [1.807, 2.05) is 19.9 Å². The monoisotopic (exact) mass is 330 g/mol. The number of nitrogens with one attached hydrogen (secondary N) is 1. The number of hydrogen-bond acceptors (Lipinski definition) is 5. The van der Waals surface area contributed by atoms with Crippen LogP contribution in [0.3, 0.4) is 0 Å². The van der Waals surface area contributed by atoms with Gasteiger partial charge in [-0.2, -0.15) is 0 Å². The zero-order chi connectivity index (χ0) is 17.3. The number of aromatic nitrogens is 3. The Morgan fingerprint density at radius 3 is 2.88 bits per heavy atom. The van der Waals surface area contributed by atoms with Crippen molar-refractivity contribution in [3.05, 3.63) is 40.7 Å². The van der Waals surface area contributed by atoms with E-state index in [1.165, 1.54) is 16.4 Å². The van der Waals surface area contributed by atoms with E-state index in [4.69, 9.17) is 9.84 Å². The Morgan fingerprint density at radius 2 is 2.12 bits per heavy atom. The molecule has 2 aromatic rings. The van der Waals surface area contributed by atoms with Gasteiger partial charge in [-0.15, -0.1) is 5.10 Å². The molecule has 1 amide bonds. The van der Waals surface area contributed by atoms with Crippen molar-refractivity contribution in [3.8, 4) is 5.75 Å². The molecule has 1 aromatic heterocycles. The van der Waals surface area contributed by atoms with E-state index in [-0.39, 0.29) is 19.0 Å². The summed E-state index contributed by atoms with van der Waals surface area (Å²) >= 11 is 0. The molecule has 0 saturated heterocycles. The number of amides is 1. The highest BCUT2D eigenvalue weighted by atomic mass is 16.5. The third kappa shape index (κ3) is 3.37. The summed E-state index contributed by atoms with van der Waals surface area (Å²) in [4.78, 5) is 22.9. The molecule has 8 nitrogen and oxygen atoms in total. The first-order valence-corrected chi connectivity index (χ1v) is 7.57. The fourth-order valence-corrected chi connectivity index (χ4v) is 2.59. The van der Waals surface area contributed by atoms with Gasteiger partial charge in [-0.1, -0.05) is 11.3 Å². The molecule has 0 fully saturated rings. The van der Waals surface area contributed by atoms with Crippen molar-refractivity contribution >= 4 is 11.9 Å². The van der Waals surface area contributed by atoms with Crippen LogP contribution in [0.4, 0.5) is 0 Å². The Balaban J connectivity index is 1.57. The molecule has 0 spiro atoms. The second-order valence-corrected chi connectivity index (χ2v) is 5.87. The number of carbonyl (C=O) groups excluding carboxylic acids is 1. The molecule has 24 heavy (non-hydrogen) atoms. The van der Waals surface area contributed by atoms with Gasteiger partial charge in [-0.3, -0.25) is 9.59 Å². The average molecular weight is 330 g/mol. The van der Waals surface area contributed by atoms with Gasteiger partial charge in [0.1, 0.15) is 18.0 Å². The first-order valence-electron chi connectivity index (χ1n) is 7.57. The summed E-state index contributed by atoms with van der Waals surface area (Å²) < 4.78 is 6.93. The normalized spacial score (nSPS) is 15.7. The Kier molecular flexibility index (Phi) is 4.20. The van der Waals surface area contributed by atoms with Crippen LogP contribution in [0, 0.1) is 13.8 Å². The Labute approximate surface area is 138 Å². The van der Waals surface area contributed by atoms with E-state index >= 15 is 0 Å². The van der Waals surface area contributed by atoms with E-state index in [9.17, 15) is 9.59 Å². The van der Waals surface area contributed by atoms with Gasteiger partial charge in [0.15, 0.2) is 6.10 Å². The number of carbonyl (C=O) groups is 2. The highest BCUT2D eigenvalue weighted by Gasteiger charge is 2.29. The largest absolute Gasteiger partial charge is 0.480 e. The second-order valence-electron chi connectivity index (χ2n) is 5.87. The van der Waals surface area contributed by atoms with Gasteiger partial charge in [0.05, 0.1) is 12.7 Å². The van der Waals surface area contributed by atoms with E-state index in [0.29, 0.717) is 12.1 Å². The predicted molar refractivity (Wildman–Crippen MR) is 83.5 cm³/mol. The lowest BCUT2D eigenvalue weighted by Gasteiger charge is -2.10. The summed E-state index contributed by atoms with van der Waals surface area (Å²) in [5, 5.41) is 18.9. The maximum Gasteiger partial charge on any atom is 0.325 e. The molecular weight excluding hydrogens is 312 g/mol. The fraction of sp³-hybridized carbons (Fsp3) is 0.375. The highest BCUT2D eigenvalue weighted by Crippen LogP contribution is 2.31. The van der Waals surface area contributed by atoms with E-state index in [2.05, 4.69) is 21.7 Å². The number of carboxylic acids is 1.